The summed E-state index contributed by atoms with van der Waals surface area (Å²) in [6, 6.07) is 14.9. The molecule has 0 N–H and O–H groups in total. The van der Waals surface area contributed by atoms with E-state index in [0.717, 1.165) is 61.5 Å². The van der Waals surface area contributed by atoms with Gasteiger partial charge in [-0.2, -0.15) is 0 Å². The minimum absolute atomic E-state index is 0.102. The van der Waals surface area contributed by atoms with Crippen LogP contribution in [-0.2, 0) is 4.79 Å². The molecule has 0 aliphatic carbocycles. The average Bonchev–Trinajstić information content (AvgIpc) is 3.54. The van der Waals surface area contributed by atoms with Crippen LogP contribution in [0.25, 0.3) is 5.69 Å². The number of hydrogen-bond acceptors (Lipinski definition) is 6. The van der Waals surface area contributed by atoms with Crippen LogP contribution in [0.1, 0.15) is 18.4 Å². The summed E-state index contributed by atoms with van der Waals surface area (Å²) in [7, 11) is 0. The number of aryl methyl sites for hydroxylation is 1. The number of amides is 1. The first-order valence-electron chi connectivity index (χ1n) is 11.8. The van der Waals surface area contributed by atoms with Gasteiger partial charge in [-0.15, -0.1) is 10.2 Å². The van der Waals surface area contributed by atoms with Crippen LogP contribution in [0.4, 0.5) is 16.0 Å². The number of thioether (sulfide) groups is 1. The van der Waals surface area contributed by atoms with Gasteiger partial charge in [0.05, 0.1) is 11.4 Å². The van der Waals surface area contributed by atoms with Crippen molar-refractivity contribution in [3.63, 3.8) is 0 Å². The fraction of sp³-hybridized carbons (Fsp3) is 0.400. The smallest absolute Gasteiger partial charge is 0.233 e. The molecule has 0 bridgehead atoms. The van der Waals surface area contributed by atoms with Crippen LogP contribution in [0.5, 0.6) is 0 Å². The largest absolute Gasteiger partial charge is 0.368 e. The summed E-state index contributed by atoms with van der Waals surface area (Å²) < 4.78 is 15.3. The van der Waals surface area contributed by atoms with Gasteiger partial charge in [0.25, 0.3) is 0 Å². The van der Waals surface area contributed by atoms with Gasteiger partial charge in [-0.3, -0.25) is 9.36 Å². The van der Waals surface area contributed by atoms with E-state index in [0.29, 0.717) is 18.8 Å². The van der Waals surface area contributed by atoms with Gasteiger partial charge in [-0.25, -0.2) is 4.39 Å². The van der Waals surface area contributed by atoms with Crippen molar-refractivity contribution in [2.45, 2.75) is 24.9 Å². The molecule has 0 saturated carbocycles. The van der Waals surface area contributed by atoms with E-state index >= 15 is 0 Å². The lowest BCUT2D eigenvalue weighted by Gasteiger charge is -2.36. The first-order chi connectivity index (χ1) is 16.6. The Bertz CT molecular complexity index is 1120. The highest BCUT2D eigenvalue weighted by atomic mass is 32.2. The van der Waals surface area contributed by atoms with Crippen LogP contribution < -0.4 is 9.80 Å². The number of carbonyl (C=O) groups excluding carboxylic acids is 1. The molecule has 0 atom stereocenters. The minimum Gasteiger partial charge on any atom is -0.368 e. The molecule has 2 aliphatic heterocycles. The van der Waals surface area contributed by atoms with Crippen LogP contribution in [0.3, 0.4) is 0 Å². The Morgan fingerprint density at radius 2 is 1.50 bits per heavy atom. The van der Waals surface area contributed by atoms with Crippen molar-refractivity contribution in [1.82, 2.24) is 19.7 Å². The molecule has 0 unspecified atom stereocenters. The summed E-state index contributed by atoms with van der Waals surface area (Å²) in [5.41, 5.74) is 3.20. The molecule has 2 aromatic carbocycles. The third-order valence-electron chi connectivity index (χ3n) is 6.45. The minimum atomic E-state index is -0.235. The van der Waals surface area contributed by atoms with Gasteiger partial charge < -0.3 is 14.7 Å². The van der Waals surface area contributed by atoms with Gasteiger partial charge in [-0.05, 0) is 56.2 Å². The number of hydrogen-bond donors (Lipinski definition) is 0. The first kappa shape index (κ1) is 22.7. The first-order valence-corrected chi connectivity index (χ1v) is 12.8. The van der Waals surface area contributed by atoms with E-state index in [1.54, 1.807) is 12.1 Å². The van der Waals surface area contributed by atoms with E-state index in [1.807, 2.05) is 4.90 Å². The quantitative estimate of drug-likeness (QED) is 0.501. The number of aromatic nitrogens is 3. The maximum atomic E-state index is 13.2. The van der Waals surface area contributed by atoms with Crippen LogP contribution in [0, 0.1) is 12.7 Å². The van der Waals surface area contributed by atoms with E-state index in [9.17, 15) is 9.18 Å². The SMILES string of the molecule is Cc1ccc(-n2c(SCC(=O)N3CCN(c4ccc(F)cc4)CC3)nnc2N2CCCC2)cc1. The lowest BCUT2D eigenvalue weighted by molar-refractivity contribution is -0.128. The second kappa shape index (κ2) is 10.0. The molecule has 178 valence electrons. The topological polar surface area (TPSA) is 57.5 Å². The molecule has 1 aromatic heterocycles. The molecule has 5 rings (SSSR count). The Morgan fingerprint density at radius 1 is 0.853 bits per heavy atom. The third-order valence-corrected chi connectivity index (χ3v) is 7.36. The molecule has 9 heteroatoms. The molecule has 7 nitrogen and oxygen atoms in total. The summed E-state index contributed by atoms with van der Waals surface area (Å²) >= 11 is 1.44. The van der Waals surface area contributed by atoms with Crippen LogP contribution in [-0.4, -0.2) is 70.6 Å². The molecular weight excluding hydrogens is 451 g/mol. The van der Waals surface area contributed by atoms with Crippen LogP contribution in [0.2, 0.25) is 0 Å². The predicted molar refractivity (Wildman–Crippen MR) is 133 cm³/mol. The summed E-state index contributed by atoms with van der Waals surface area (Å²) in [6.07, 6.45) is 2.32. The molecule has 34 heavy (non-hydrogen) atoms. The van der Waals surface area contributed by atoms with Gasteiger partial charge in [0.2, 0.25) is 11.9 Å². The van der Waals surface area contributed by atoms with Crippen LogP contribution in [0.15, 0.2) is 53.7 Å². The number of anilines is 2. The zero-order chi connectivity index (χ0) is 23.5. The number of piperazine rings is 1. The molecule has 3 aromatic rings. The van der Waals surface area contributed by atoms with E-state index in [-0.39, 0.29) is 11.7 Å². The van der Waals surface area contributed by atoms with Gasteiger partial charge in [-0.1, -0.05) is 29.5 Å². The summed E-state index contributed by atoms with van der Waals surface area (Å²) in [4.78, 5) is 19.3. The second-order valence-electron chi connectivity index (χ2n) is 8.78. The molecular formula is C25H29FN6OS. The number of carbonyl (C=O) groups is 1. The monoisotopic (exact) mass is 480 g/mol. The Labute approximate surface area is 203 Å². The van der Waals surface area contributed by atoms with E-state index in [4.69, 9.17) is 0 Å². The standard InChI is InChI=1S/C25H29FN6OS/c1-19-4-8-22(9-5-19)32-24(31-12-2-3-13-31)27-28-25(32)34-18-23(33)30-16-14-29(15-17-30)21-10-6-20(26)7-11-21/h4-11H,2-3,12-18H2,1H3. The fourth-order valence-electron chi connectivity index (χ4n) is 4.48. The fourth-order valence-corrected chi connectivity index (χ4v) is 5.33. The zero-order valence-electron chi connectivity index (χ0n) is 19.4. The summed E-state index contributed by atoms with van der Waals surface area (Å²) in [5.74, 6) is 1.04. The Kier molecular flexibility index (Phi) is 6.71. The molecule has 3 heterocycles. The van der Waals surface area contributed by atoms with E-state index < -0.39 is 0 Å². The Hall–Kier alpha value is -3.07. The zero-order valence-corrected chi connectivity index (χ0v) is 20.2. The molecule has 0 spiro atoms. The van der Waals surface area contributed by atoms with Crippen molar-refractivity contribution < 1.29 is 9.18 Å². The van der Waals surface area contributed by atoms with E-state index in [2.05, 4.69) is 55.8 Å². The molecule has 0 radical (unpaired) electrons. The van der Waals surface area contributed by atoms with Crippen molar-refractivity contribution in [3.8, 4) is 5.69 Å². The Balaban J connectivity index is 1.24. The van der Waals surface area contributed by atoms with Crippen molar-refractivity contribution in [3.05, 3.63) is 59.9 Å². The van der Waals surface area contributed by atoms with Crippen molar-refractivity contribution in [2.24, 2.45) is 0 Å². The van der Waals surface area contributed by atoms with Gasteiger partial charge in [0.15, 0.2) is 5.16 Å². The lowest BCUT2D eigenvalue weighted by Crippen LogP contribution is -2.49. The normalized spacial score (nSPS) is 16.4. The predicted octanol–water partition coefficient (Wildman–Crippen LogP) is 3.76. The Morgan fingerprint density at radius 3 is 2.18 bits per heavy atom. The van der Waals surface area contributed by atoms with Crippen molar-refractivity contribution in [2.75, 3.05) is 54.8 Å². The number of rotatable bonds is 6. The average molecular weight is 481 g/mol. The van der Waals surface area contributed by atoms with Crippen LogP contribution >= 0.6 is 11.8 Å². The number of benzene rings is 2. The number of nitrogens with zero attached hydrogens (tertiary/aromatic N) is 6. The van der Waals surface area contributed by atoms with Crippen molar-refractivity contribution in [1.29, 1.82) is 0 Å². The summed E-state index contributed by atoms with van der Waals surface area (Å²) in [5, 5.41) is 9.70. The van der Waals surface area contributed by atoms with Gasteiger partial charge in [0, 0.05) is 45.0 Å². The van der Waals surface area contributed by atoms with Gasteiger partial charge in [0.1, 0.15) is 5.82 Å². The molecule has 2 saturated heterocycles. The number of halogens is 1. The van der Waals surface area contributed by atoms with Gasteiger partial charge >= 0.3 is 0 Å². The molecule has 1 amide bonds. The highest BCUT2D eigenvalue weighted by Crippen LogP contribution is 2.29. The van der Waals surface area contributed by atoms with Crippen molar-refractivity contribution >= 4 is 29.3 Å². The highest BCUT2D eigenvalue weighted by Gasteiger charge is 2.25. The molecule has 2 fully saturated rings. The lowest BCUT2D eigenvalue weighted by atomic mass is 10.2. The maximum Gasteiger partial charge on any atom is 0.233 e. The third kappa shape index (κ3) is 4.89. The highest BCUT2D eigenvalue weighted by molar-refractivity contribution is 7.99. The van der Waals surface area contributed by atoms with E-state index in [1.165, 1.54) is 29.5 Å². The second-order valence-corrected chi connectivity index (χ2v) is 9.72. The maximum absolute atomic E-state index is 13.2. The molecule has 2 aliphatic rings. The summed E-state index contributed by atoms with van der Waals surface area (Å²) in [6.45, 7) is 6.81.